The van der Waals surface area contributed by atoms with Crippen LogP contribution in [0.15, 0.2) is 24.3 Å². The topological polar surface area (TPSA) is 17.8 Å². The summed E-state index contributed by atoms with van der Waals surface area (Å²) in [4.78, 5) is 0. The van der Waals surface area contributed by atoms with Gasteiger partial charge in [-0.15, -0.1) is 0 Å². The number of benzene rings is 1. The maximum absolute atomic E-state index is 5.89. The van der Waals surface area contributed by atoms with E-state index in [-0.39, 0.29) is 0 Å². The zero-order valence-corrected chi connectivity index (χ0v) is 8.97. The van der Waals surface area contributed by atoms with Gasteiger partial charge in [0.1, 0.15) is 0 Å². The summed E-state index contributed by atoms with van der Waals surface area (Å²) in [5, 5.41) is 5.30. The molecule has 0 aliphatic rings. The van der Waals surface area contributed by atoms with Crippen molar-refractivity contribution in [3.8, 4) is 11.3 Å². The fourth-order valence-electron chi connectivity index (χ4n) is 1.17. The van der Waals surface area contributed by atoms with Crippen molar-refractivity contribution in [1.29, 1.82) is 0 Å². The van der Waals surface area contributed by atoms with Crippen LogP contribution in [0.4, 0.5) is 0 Å². The van der Waals surface area contributed by atoms with Gasteiger partial charge < -0.3 is 0 Å². The predicted molar refractivity (Wildman–Crippen MR) is 57.5 cm³/mol. The van der Waals surface area contributed by atoms with Crippen LogP contribution >= 0.6 is 23.2 Å². The van der Waals surface area contributed by atoms with Crippen LogP contribution in [0.3, 0.4) is 0 Å². The van der Waals surface area contributed by atoms with Crippen molar-refractivity contribution in [2.24, 2.45) is 7.05 Å². The van der Waals surface area contributed by atoms with E-state index >= 15 is 0 Å². The first-order valence-corrected chi connectivity index (χ1v) is 4.79. The maximum Gasteiger partial charge on any atom is 0.0930 e. The van der Waals surface area contributed by atoms with Crippen molar-refractivity contribution in [2.45, 2.75) is 0 Å². The molecular weight excluding hydrogens is 219 g/mol. The van der Waals surface area contributed by atoms with E-state index in [1.54, 1.807) is 22.9 Å². The lowest BCUT2D eigenvalue weighted by Crippen LogP contribution is -1.88. The highest BCUT2D eigenvalue weighted by molar-refractivity contribution is 6.42. The molecule has 0 N–H and O–H groups in total. The Kier molecular flexibility index (Phi) is 2.48. The fourth-order valence-corrected chi connectivity index (χ4v) is 1.47. The van der Waals surface area contributed by atoms with E-state index in [2.05, 4.69) is 11.3 Å². The third-order valence-electron chi connectivity index (χ3n) is 1.86. The van der Waals surface area contributed by atoms with Crippen LogP contribution in [0, 0.1) is 6.20 Å². The third kappa shape index (κ3) is 1.76. The number of hydrogen-bond acceptors (Lipinski definition) is 1. The van der Waals surface area contributed by atoms with Gasteiger partial charge >= 0.3 is 0 Å². The molecule has 1 aromatic carbocycles. The van der Waals surface area contributed by atoms with Gasteiger partial charge in [0.05, 0.1) is 21.9 Å². The molecule has 1 heterocycles. The van der Waals surface area contributed by atoms with Crippen LogP contribution in [0.5, 0.6) is 0 Å². The number of nitrogens with zero attached hydrogens (tertiary/aromatic N) is 2. The van der Waals surface area contributed by atoms with Gasteiger partial charge in [-0.2, -0.15) is 5.10 Å². The molecule has 2 aromatic rings. The second-order valence-corrected chi connectivity index (χ2v) is 3.73. The van der Waals surface area contributed by atoms with Crippen LogP contribution in [-0.4, -0.2) is 9.78 Å². The molecular formula is C10H7Cl2N2. The average molecular weight is 226 g/mol. The van der Waals surface area contributed by atoms with Gasteiger partial charge in [0.25, 0.3) is 0 Å². The molecule has 4 heteroatoms. The summed E-state index contributed by atoms with van der Waals surface area (Å²) in [6.45, 7) is 0. The van der Waals surface area contributed by atoms with Crippen LogP contribution in [0.1, 0.15) is 0 Å². The van der Waals surface area contributed by atoms with Gasteiger partial charge in [-0.3, -0.25) is 4.68 Å². The largest absolute Gasteiger partial charge is 0.266 e. The van der Waals surface area contributed by atoms with Crippen LogP contribution in [0.2, 0.25) is 10.0 Å². The van der Waals surface area contributed by atoms with E-state index in [1.165, 1.54) is 0 Å². The molecule has 2 rings (SSSR count). The second kappa shape index (κ2) is 3.64. The second-order valence-electron chi connectivity index (χ2n) is 2.91. The Morgan fingerprint density at radius 1 is 1.29 bits per heavy atom. The van der Waals surface area contributed by atoms with Gasteiger partial charge in [-0.05, 0) is 18.2 Å². The minimum absolute atomic E-state index is 0.537. The molecule has 0 aliphatic carbocycles. The van der Waals surface area contributed by atoms with Crippen LogP contribution in [-0.2, 0) is 7.05 Å². The van der Waals surface area contributed by atoms with E-state index in [0.29, 0.717) is 10.0 Å². The predicted octanol–water partition coefficient (Wildman–Crippen LogP) is 3.19. The van der Waals surface area contributed by atoms with Crippen molar-refractivity contribution >= 4 is 23.2 Å². The molecule has 0 unspecified atom stereocenters. The summed E-state index contributed by atoms with van der Waals surface area (Å²) >= 11 is 11.7. The van der Waals surface area contributed by atoms with Gasteiger partial charge in [-0.25, -0.2) is 0 Å². The number of rotatable bonds is 1. The molecule has 0 spiro atoms. The van der Waals surface area contributed by atoms with Gasteiger partial charge in [0, 0.05) is 12.6 Å². The Morgan fingerprint density at radius 3 is 2.64 bits per heavy atom. The normalized spacial score (nSPS) is 10.5. The highest BCUT2D eigenvalue weighted by Gasteiger charge is 2.04. The van der Waals surface area contributed by atoms with Crippen molar-refractivity contribution in [3.63, 3.8) is 0 Å². The Labute approximate surface area is 92.1 Å². The number of aryl methyl sites for hydroxylation is 1. The molecule has 0 saturated heterocycles. The minimum atomic E-state index is 0.537. The molecule has 1 aromatic heterocycles. The molecule has 1 radical (unpaired) electrons. The van der Waals surface area contributed by atoms with Crippen LogP contribution in [0.25, 0.3) is 11.3 Å². The molecule has 0 aliphatic heterocycles. The first-order chi connectivity index (χ1) is 6.66. The summed E-state index contributed by atoms with van der Waals surface area (Å²) in [6, 6.07) is 7.23. The van der Waals surface area contributed by atoms with Gasteiger partial charge in [-0.1, -0.05) is 29.3 Å². The molecule has 14 heavy (non-hydrogen) atoms. The molecule has 71 valence electrons. The Hall–Kier alpha value is -0.990. The zero-order chi connectivity index (χ0) is 10.1. The smallest absolute Gasteiger partial charge is 0.0930 e. The molecule has 0 saturated carbocycles. The maximum atomic E-state index is 5.89. The monoisotopic (exact) mass is 225 g/mol. The fraction of sp³-hybridized carbons (Fsp3) is 0.100. The molecule has 0 bridgehead atoms. The van der Waals surface area contributed by atoms with E-state index < -0.39 is 0 Å². The number of halogens is 2. The molecule has 0 amide bonds. The van der Waals surface area contributed by atoms with E-state index in [1.807, 2.05) is 13.1 Å². The van der Waals surface area contributed by atoms with Crippen LogP contribution < -0.4 is 0 Å². The highest BCUT2D eigenvalue weighted by atomic mass is 35.5. The lowest BCUT2D eigenvalue weighted by molar-refractivity contribution is 0.765. The first kappa shape index (κ1) is 9.56. The number of hydrogen-bond donors (Lipinski definition) is 0. The third-order valence-corrected chi connectivity index (χ3v) is 2.60. The summed E-state index contributed by atoms with van der Waals surface area (Å²) in [7, 11) is 1.82. The standard InChI is InChI=1S/C10H7Cl2N2/c1-14-5-4-10(13-14)7-2-3-8(11)9(12)6-7/h2-4,6H,1H3. The minimum Gasteiger partial charge on any atom is -0.266 e. The zero-order valence-electron chi connectivity index (χ0n) is 7.46. The Bertz CT molecular complexity index is 463. The number of aromatic nitrogens is 2. The molecule has 2 nitrogen and oxygen atoms in total. The Morgan fingerprint density at radius 2 is 2.07 bits per heavy atom. The first-order valence-electron chi connectivity index (χ1n) is 4.04. The summed E-state index contributed by atoms with van der Waals surface area (Å²) in [5.74, 6) is 0. The summed E-state index contributed by atoms with van der Waals surface area (Å²) in [6.07, 6.45) is 2.93. The lowest BCUT2D eigenvalue weighted by atomic mass is 10.2. The van der Waals surface area contributed by atoms with Gasteiger partial charge in [0.2, 0.25) is 0 Å². The van der Waals surface area contributed by atoms with Crippen molar-refractivity contribution in [2.75, 3.05) is 0 Å². The average Bonchev–Trinajstić information content (AvgIpc) is 2.57. The highest BCUT2D eigenvalue weighted by Crippen LogP contribution is 2.27. The SMILES string of the molecule is Cn1[c]cc(-c2ccc(Cl)c(Cl)c2)n1. The summed E-state index contributed by atoms with van der Waals surface area (Å²) in [5.41, 5.74) is 1.78. The van der Waals surface area contributed by atoms with Gasteiger partial charge in [0.15, 0.2) is 0 Å². The lowest BCUT2D eigenvalue weighted by Gasteiger charge is -1.99. The van der Waals surface area contributed by atoms with Crippen molar-refractivity contribution < 1.29 is 0 Å². The Balaban J connectivity index is 2.47. The van der Waals surface area contributed by atoms with E-state index in [0.717, 1.165) is 11.3 Å². The van der Waals surface area contributed by atoms with Crippen molar-refractivity contribution in [3.05, 3.63) is 40.5 Å². The van der Waals surface area contributed by atoms with Crippen molar-refractivity contribution in [1.82, 2.24) is 9.78 Å². The summed E-state index contributed by atoms with van der Waals surface area (Å²) < 4.78 is 1.62. The molecule has 0 fully saturated rings. The molecule has 0 atom stereocenters. The quantitative estimate of drug-likeness (QED) is 0.730. The van der Waals surface area contributed by atoms with E-state index in [4.69, 9.17) is 23.2 Å². The van der Waals surface area contributed by atoms with E-state index in [9.17, 15) is 0 Å².